The number of hydrogen-bond acceptors (Lipinski definition) is 7. The van der Waals surface area contributed by atoms with Gasteiger partial charge >= 0.3 is 5.97 Å². The zero-order valence-electron chi connectivity index (χ0n) is 22.2. The summed E-state index contributed by atoms with van der Waals surface area (Å²) < 4.78 is 26.9. The fourth-order valence-electron chi connectivity index (χ4n) is 4.51. The number of fused-ring (bicyclic) bond motifs is 2. The van der Waals surface area contributed by atoms with Crippen LogP contribution in [0.3, 0.4) is 0 Å². The Morgan fingerprint density at radius 1 is 1.15 bits per heavy atom. The van der Waals surface area contributed by atoms with Crippen molar-refractivity contribution in [3.63, 3.8) is 0 Å². The summed E-state index contributed by atoms with van der Waals surface area (Å²) in [5.74, 6) is -0.749. The van der Waals surface area contributed by atoms with Crippen molar-refractivity contribution in [1.29, 1.82) is 0 Å². The SMILES string of the molecule is CCOC(=O)c1ccccc1OCCNC(=O)c1ccc2nc(C(C)c3nc4c(F)c(O)ccc4[nH]3)n(C)c2c1. The number of carbonyl (C=O) groups is 2. The number of phenolic OH excluding ortho intramolecular Hbond substituents is 1. The van der Waals surface area contributed by atoms with E-state index in [0.717, 1.165) is 5.52 Å². The van der Waals surface area contributed by atoms with Gasteiger partial charge in [0.05, 0.1) is 35.6 Å². The molecule has 0 aliphatic heterocycles. The molecule has 40 heavy (non-hydrogen) atoms. The average Bonchev–Trinajstić information content (AvgIpc) is 3.54. The van der Waals surface area contributed by atoms with E-state index in [0.29, 0.717) is 39.6 Å². The first kappa shape index (κ1) is 26.7. The Hall–Kier alpha value is -4.93. The lowest BCUT2D eigenvalue weighted by atomic mass is 10.1. The van der Waals surface area contributed by atoms with Gasteiger partial charge in [0.25, 0.3) is 5.91 Å². The fourth-order valence-corrected chi connectivity index (χ4v) is 4.51. The van der Waals surface area contributed by atoms with Crippen molar-refractivity contribution in [1.82, 2.24) is 24.8 Å². The van der Waals surface area contributed by atoms with Gasteiger partial charge in [-0.05, 0) is 56.3 Å². The van der Waals surface area contributed by atoms with E-state index in [1.807, 2.05) is 18.5 Å². The minimum absolute atomic E-state index is 0.0629. The lowest BCUT2D eigenvalue weighted by molar-refractivity contribution is 0.0521. The van der Waals surface area contributed by atoms with Gasteiger partial charge in [-0.25, -0.2) is 19.2 Å². The monoisotopic (exact) mass is 545 g/mol. The second-order valence-corrected chi connectivity index (χ2v) is 9.19. The fraction of sp³-hybridized carbons (Fsp3) is 0.241. The van der Waals surface area contributed by atoms with Crippen LogP contribution in [-0.4, -0.2) is 56.3 Å². The third-order valence-corrected chi connectivity index (χ3v) is 6.59. The Labute approximate surface area is 228 Å². The summed E-state index contributed by atoms with van der Waals surface area (Å²) in [5, 5.41) is 12.5. The Morgan fingerprint density at radius 3 is 2.75 bits per heavy atom. The van der Waals surface area contributed by atoms with Crippen LogP contribution < -0.4 is 10.1 Å². The van der Waals surface area contributed by atoms with E-state index < -0.39 is 17.5 Å². The van der Waals surface area contributed by atoms with Gasteiger partial charge in [-0.15, -0.1) is 0 Å². The summed E-state index contributed by atoms with van der Waals surface area (Å²) in [7, 11) is 1.84. The number of esters is 1. The van der Waals surface area contributed by atoms with E-state index in [4.69, 9.17) is 14.5 Å². The minimum atomic E-state index is -0.776. The third-order valence-electron chi connectivity index (χ3n) is 6.59. The Kier molecular flexibility index (Phi) is 7.37. The molecule has 0 bridgehead atoms. The number of hydrogen-bond donors (Lipinski definition) is 3. The standard InChI is InChI=1S/C29H28FN5O5/c1-4-39-29(38)18-7-5-6-8-23(18)40-14-13-31-28(37)17-9-10-19-21(15-17)35(3)27(33-19)16(2)26-32-20-11-12-22(36)24(30)25(20)34-26/h5-12,15-16,36H,4,13-14H2,1-3H3,(H,31,37)(H,32,34). The Balaban J connectivity index is 1.27. The Bertz CT molecular complexity index is 1730. The average molecular weight is 546 g/mol. The molecule has 5 aromatic rings. The largest absolute Gasteiger partial charge is 0.505 e. The number of nitrogens with zero attached hydrogens (tertiary/aromatic N) is 3. The summed E-state index contributed by atoms with van der Waals surface area (Å²) in [6.45, 7) is 4.27. The molecule has 3 N–H and O–H groups in total. The number of phenols is 1. The number of H-pyrrole nitrogens is 1. The first-order valence-electron chi connectivity index (χ1n) is 12.8. The highest BCUT2D eigenvalue weighted by Crippen LogP contribution is 2.29. The van der Waals surface area contributed by atoms with Crippen LogP contribution in [0.4, 0.5) is 4.39 Å². The van der Waals surface area contributed by atoms with Crippen molar-refractivity contribution >= 4 is 33.9 Å². The van der Waals surface area contributed by atoms with Gasteiger partial charge in [0.15, 0.2) is 11.6 Å². The van der Waals surface area contributed by atoms with Gasteiger partial charge in [-0.1, -0.05) is 12.1 Å². The molecule has 0 spiro atoms. The van der Waals surface area contributed by atoms with Crippen LogP contribution in [-0.2, 0) is 11.8 Å². The number of aromatic amines is 1. The predicted molar refractivity (Wildman–Crippen MR) is 146 cm³/mol. The van der Waals surface area contributed by atoms with Gasteiger partial charge < -0.3 is 29.4 Å². The maximum atomic E-state index is 14.3. The van der Waals surface area contributed by atoms with E-state index in [2.05, 4.69) is 15.3 Å². The first-order chi connectivity index (χ1) is 19.3. The van der Waals surface area contributed by atoms with Gasteiger partial charge in [-0.3, -0.25) is 4.79 Å². The molecule has 10 nitrogen and oxygen atoms in total. The number of imidazole rings is 2. The van der Waals surface area contributed by atoms with Crippen LogP contribution >= 0.6 is 0 Å². The number of halogens is 1. The van der Waals surface area contributed by atoms with Crippen LogP contribution in [0.5, 0.6) is 11.5 Å². The number of aromatic nitrogens is 4. The van der Waals surface area contributed by atoms with Crippen LogP contribution in [0.2, 0.25) is 0 Å². The molecule has 11 heteroatoms. The van der Waals surface area contributed by atoms with Crippen molar-refractivity contribution in [3.05, 3.63) is 83.2 Å². The van der Waals surface area contributed by atoms with Crippen molar-refractivity contribution in [2.75, 3.05) is 19.8 Å². The quantitative estimate of drug-likeness (QED) is 0.184. The maximum Gasteiger partial charge on any atom is 0.341 e. The maximum absolute atomic E-state index is 14.3. The lowest BCUT2D eigenvalue weighted by Crippen LogP contribution is -2.28. The van der Waals surface area contributed by atoms with Gasteiger partial charge in [0, 0.05) is 12.6 Å². The van der Waals surface area contributed by atoms with Crippen LogP contribution in [0.15, 0.2) is 54.6 Å². The van der Waals surface area contributed by atoms with Gasteiger partial charge in [-0.2, -0.15) is 0 Å². The number of nitrogens with one attached hydrogen (secondary N) is 2. The summed E-state index contributed by atoms with van der Waals surface area (Å²) in [4.78, 5) is 37.1. The second kappa shape index (κ2) is 11.0. The highest BCUT2D eigenvalue weighted by molar-refractivity contribution is 5.97. The molecule has 1 atom stereocenters. The van der Waals surface area contributed by atoms with E-state index in [1.165, 1.54) is 6.07 Å². The molecule has 2 aromatic heterocycles. The normalized spacial score (nSPS) is 12.0. The molecular weight excluding hydrogens is 517 g/mol. The lowest BCUT2D eigenvalue weighted by Gasteiger charge is -2.11. The molecule has 0 saturated carbocycles. The van der Waals surface area contributed by atoms with E-state index >= 15 is 0 Å². The minimum Gasteiger partial charge on any atom is -0.505 e. The van der Waals surface area contributed by atoms with E-state index in [1.54, 1.807) is 55.5 Å². The number of aryl methyl sites for hydroxylation is 1. The topological polar surface area (TPSA) is 131 Å². The number of rotatable bonds is 9. The number of amides is 1. The number of aromatic hydroxyl groups is 1. The third kappa shape index (κ3) is 5.05. The molecule has 0 saturated heterocycles. The van der Waals surface area contributed by atoms with E-state index in [-0.39, 0.29) is 37.1 Å². The highest BCUT2D eigenvalue weighted by atomic mass is 19.1. The molecule has 3 aromatic carbocycles. The first-order valence-corrected chi connectivity index (χ1v) is 12.8. The van der Waals surface area contributed by atoms with Crippen molar-refractivity contribution in [2.45, 2.75) is 19.8 Å². The van der Waals surface area contributed by atoms with Crippen molar-refractivity contribution < 1.29 is 28.6 Å². The van der Waals surface area contributed by atoms with Gasteiger partial charge in [0.1, 0.15) is 35.1 Å². The van der Waals surface area contributed by atoms with Crippen molar-refractivity contribution in [2.24, 2.45) is 7.05 Å². The molecule has 5 rings (SSSR count). The van der Waals surface area contributed by atoms with Crippen LogP contribution in [0, 0.1) is 5.82 Å². The zero-order valence-corrected chi connectivity index (χ0v) is 22.2. The van der Waals surface area contributed by atoms with Crippen LogP contribution in [0.25, 0.3) is 22.1 Å². The number of benzene rings is 3. The molecule has 2 heterocycles. The molecule has 0 fully saturated rings. The summed E-state index contributed by atoms with van der Waals surface area (Å²) >= 11 is 0. The van der Waals surface area contributed by atoms with Gasteiger partial charge in [0.2, 0.25) is 0 Å². The summed E-state index contributed by atoms with van der Waals surface area (Å²) in [5.41, 5.74) is 2.75. The summed E-state index contributed by atoms with van der Waals surface area (Å²) in [6, 6.07) is 14.8. The molecule has 206 valence electrons. The zero-order chi connectivity index (χ0) is 28.4. The molecule has 0 aliphatic carbocycles. The smallest absolute Gasteiger partial charge is 0.341 e. The molecule has 0 aliphatic rings. The summed E-state index contributed by atoms with van der Waals surface area (Å²) in [6.07, 6.45) is 0. The number of ether oxygens (including phenoxy) is 2. The molecule has 1 amide bonds. The van der Waals surface area contributed by atoms with Crippen LogP contribution in [0.1, 0.15) is 52.1 Å². The number of carbonyl (C=O) groups excluding carboxylic acids is 2. The van der Waals surface area contributed by atoms with Crippen molar-refractivity contribution in [3.8, 4) is 11.5 Å². The second-order valence-electron chi connectivity index (χ2n) is 9.19. The number of para-hydroxylation sites is 1. The Morgan fingerprint density at radius 2 is 1.95 bits per heavy atom. The highest BCUT2D eigenvalue weighted by Gasteiger charge is 2.22. The molecular formula is C29H28FN5O5. The predicted octanol–water partition coefficient (Wildman–Crippen LogP) is 4.43. The molecule has 1 unspecified atom stereocenters. The molecule has 0 radical (unpaired) electrons. The van der Waals surface area contributed by atoms with E-state index in [9.17, 15) is 19.1 Å².